The van der Waals surface area contributed by atoms with E-state index in [-0.39, 0.29) is 18.0 Å². The number of aromatic nitrogens is 2. The van der Waals surface area contributed by atoms with Crippen molar-refractivity contribution in [1.29, 1.82) is 0 Å². The SMILES string of the molecule is CCNC(=O)CN(CC)c1cc(=O)[nH]cn1. The van der Waals surface area contributed by atoms with Crippen molar-refractivity contribution in [3.63, 3.8) is 0 Å². The van der Waals surface area contributed by atoms with Crippen LogP contribution in [0.25, 0.3) is 0 Å². The van der Waals surface area contributed by atoms with E-state index in [0.29, 0.717) is 18.9 Å². The predicted octanol–water partition coefficient (Wildman–Crippen LogP) is -0.268. The summed E-state index contributed by atoms with van der Waals surface area (Å²) in [7, 11) is 0. The number of anilines is 1. The van der Waals surface area contributed by atoms with E-state index in [4.69, 9.17) is 0 Å². The van der Waals surface area contributed by atoms with Gasteiger partial charge in [-0.05, 0) is 13.8 Å². The maximum absolute atomic E-state index is 11.4. The van der Waals surface area contributed by atoms with E-state index in [1.165, 1.54) is 12.4 Å². The van der Waals surface area contributed by atoms with Crippen molar-refractivity contribution in [2.24, 2.45) is 0 Å². The van der Waals surface area contributed by atoms with Gasteiger partial charge in [0.15, 0.2) is 0 Å². The largest absolute Gasteiger partial charge is 0.355 e. The Kier molecular flexibility index (Phi) is 4.50. The number of nitrogens with zero attached hydrogens (tertiary/aromatic N) is 2. The Hall–Kier alpha value is -1.85. The summed E-state index contributed by atoms with van der Waals surface area (Å²) in [6.45, 7) is 5.19. The van der Waals surface area contributed by atoms with Crippen LogP contribution in [0.1, 0.15) is 13.8 Å². The van der Waals surface area contributed by atoms with Gasteiger partial charge in [0.25, 0.3) is 5.56 Å². The first-order valence-electron chi connectivity index (χ1n) is 5.23. The zero-order chi connectivity index (χ0) is 12.0. The molecule has 6 heteroatoms. The first-order valence-corrected chi connectivity index (χ1v) is 5.23. The van der Waals surface area contributed by atoms with Gasteiger partial charge in [-0.2, -0.15) is 0 Å². The van der Waals surface area contributed by atoms with Gasteiger partial charge in [-0.15, -0.1) is 0 Å². The molecule has 0 atom stereocenters. The Morgan fingerprint density at radius 3 is 2.88 bits per heavy atom. The van der Waals surface area contributed by atoms with E-state index < -0.39 is 0 Å². The first kappa shape index (κ1) is 12.2. The van der Waals surface area contributed by atoms with E-state index in [0.717, 1.165) is 0 Å². The Morgan fingerprint density at radius 1 is 1.56 bits per heavy atom. The highest BCUT2D eigenvalue weighted by atomic mass is 16.2. The van der Waals surface area contributed by atoms with E-state index in [9.17, 15) is 9.59 Å². The lowest BCUT2D eigenvalue weighted by atomic mass is 10.4. The maximum atomic E-state index is 11.4. The summed E-state index contributed by atoms with van der Waals surface area (Å²) in [6, 6.07) is 1.38. The van der Waals surface area contributed by atoms with Gasteiger partial charge in [0.2, 0.25) is 5.91 Å². The lowest BCUT2D eigenvalue weighted by Gasteiger charge is -2.20. The fourth-order valence-corrected chi connectivity index (χ4v) is 1.31. The minimum absolute atomic E-state index is 0.0774. The number of H-pyrrole nitrogens is 1. The molecule has 1 amide bonds. The fourth-order valence-electron chi connectivity index (χ4n) is 1.31. The van der Waals surface area contributed by atoms with Gasteiger partial charge in [-0.3, -0.25) is 9.59 Å². The number of aromatic amines is 1. The average Bonchev–Trinajstić information content (AvgIpc) is 2.26. The number of nitrogens with one attached hydrogen (secondary N) is 2. The van der Waals surface area contributed by atoms with Crippen LogP contribution in [-0.2, 0) is 4.79 Å². The van der Waals surface area contributed by atoms with Crippen LogP contribution in [0.15, 0.2) is 17.2 Å². The molecular weight excluding hydrogens is 208 g/mol. The lowest BCUT2D eigenvalue weighted by molar-refractivity contribution is -0.119. The normalized spacial score (nSPS) is 9.88. The van der Waals surface area contributed by atoms with Crippen LogP contribution >= 0.6 is 0 Å². The van der Waals surface area contributed by atoms with Gasteiger partial charge < -0.3 is 15.2 Å². The van der Waals surface area contributed by atoms with Crippen molar-refractivity contribution in [3.05, 3.63) is 22.7 Å². The molecule has 0 fully saturated rings. The minimum atomic E-state index is -0.223. The summed E-state index contributed by atoms with van der Waals surface area (Å²) in [5, 5.41) is 2.70. The van der Waals surface area contributed by atoms with Crippen LogP contribution in [0.4, 0.5) is 5.82 Å². The topological polar surface area (TPSA) is 78.1 Å². The van der Waals surface area contributed by atoms with Crippen molar-refractivity contribution in [3.8, 4) is 0 Å². The van der Waals surface area contributed by atoms with Gasteiger partial charge in [0.1, 0.15) is 5.82 Å². The zero-order valence-corrected chi connectivity index (χ0v) is 9.49. The smallest absolute Gasteiger partial charge is 0.252 e. The molecule has 0 spiro atoms. The van der Waals surface area contributed by atoms with Gasteiger partial charge in [0, 0.05) is 19.2 Å². The third-order valence-electron chi connectivity index (χ3n) is 2.08. The molecule has 2 N–H and O–H groups in total. The van der Waals surface area contributed by atoms with Gasteiger partial charge >= 0.3 is 0 Å². The Labute approximate surface area is 93.7 Å². The standard InChI is InChI=1S/C10H16N4O2/c1-3-11-10(16)6-14(4-2)8-5-9(15)13-7-12-8/h5,7H,3-4,6H2,1-2H3,(H,11,16)(H,12,13,15). The third-order valence-corrected chi connectivity index (χ3v) is 2.08. The Bertz CT molecular complexity index is 402. The number of carbonyl (C=O) groups is 1. The molecule has 0 aliphatic carbocycles. The second kappa shape index (κ2) is 5.89. The first-order chi connectivity index (χ1) is 7.67. The molecule has 0 aliphatic heterocycles. The van der Waals surface area contributed by atoms with E-state index in [1.54, 1.807) is 4.90 Å². The van der Waals surface area contributed by atoms with Gasteiger partial charge in [-0.1, -0.05) is 0 Å². The average molecular weight is 224 g/mol. The Balaban J connectivity index is 2.74. The molecule has 1 aromatic rings. The molecule has 6 nitrogen and oxygen atoms in total. The maximum Gasteiger partial charge on any atom is 0.252 e. The molecule has 1 rings (SSSR count). The van der Waals surface area contributed by atoms with Crippen LogP contribution in [0.5, 0.6) is 0 Å². The third kappa shape index (κ3) is 3.38. The summed E-state index contributed by atoms with van der Waals surface area (Å²) in [5.74, 6) is 0.434. The molecule has 0 aliphatic rings. The zero-order valence-electron chi connectivity index (χ0n) is 9.49. The molecule has 0 saturated heterocycles. The number of hydrogen-bond acceptors (Lipinski definition) is 4. The van der Waals surface area contributed by atoms with Crippen molar-refractivity contribution < 1.29 is 4.79 Å². The number of amides is 1. The Morgan fingerprint density at radius 2 is 2.31 bits per heavy atom. The molecule has 0 saturated carbocycles. The van der Waals surface area contributed by atoms with E-state index >= 15 is 0 Å². The molecule has 88 valence electrons. The van der Waals surface area contributed by atoms with E-state index in [1.807, 2.05) is 13.8 Å². The molecule has 16 heavy (non-hydrogen) atoms. The molecule has 1 aromatic heterocycles. The molecule has 0 bridgehead atoms. The van der Waals surface area contributed by atoms with Crippen molar-refractivity contribution in [1.82, 2.24) is 15.3 Å². The van der Waals surface area contributed by atoms with Crippen LogP contribution in [0.3, 0.4) is 0 Å². The summed E-state index contributed by atoms with van der Waals surface area (Å²) in [4.78, 5) is 30.7. The summed E-state index contributed by atoms with van der Waals surface area (Å²) >= 11 is 0. The second-order valence-electron chi connectivity index (χ2n) is 3.24. The number of rotatable bonds is 5. The van der Waals surface area contributed by atoms with Crippen LogP contribution in [0, 0.1) is 0 Å². The van der Waals surface area contributed by atoms with Crippen LogP contribution in [-0.4, -0.2) is 35.5 Å². The van der Waals surface area contributed by atoms with Gasteiger partial charge in [0.05, 0.1) is 12.9 Å². The van der Waals surface area contributed by atoms with Crippen LogP contribution < -0.4 is 15.8 Å². The summed E-state index contributed by atoms with van der Waals surface area (Å²) in [5.41, 5.74) is -0.223. The highest BCUT2D eigenvalue weighted by Crippen LogP contribution is 2.04. The molecule has 0 aromatic carbocycles. The summed E-state index contributed by atoms with van der Waals surface area (Å²) in [6.07, 6.45) is 1.33. The number of likely N-dealkylation sites (N-methyl/N-ethyl adjacent to an activating group) is 2. The van der Waals surface area contributed by atoms with Crippen LogP contribution in [0.2, 0.25) is 0 Å². The highest BCUT2D eigenvalue weighted by molar-refractivity contribution is 5.80. The number of carbonyl (C=O) groups excluding carboxylic acids is 1. The quantitative estimate of drug-likeness (QED) is 0.722. The van der Waals surface area contributed by atoms with Gasteiger partial charge in [-0.25, -0.2) is 4.98 Å². The highest BCUT2D eigenvalue weighted by Gasteiger charge is 2.10. The molecule has 1 heterocycles. The van der Waals surface area contributed by atoms with E-state index in [2.05, 4.69) is 15.3 Å². The minimum Gasteiger partial charge on any atom is -0.355 e. The van der Waals surface area contributed by atoms with Crippen molar-refractivity contribution in [2.45, 2.75) is 13.8 Å². The lowest BCUT2D eigenvalue weighted by Crippen LogP contribution is -2.37. The second-order valence-corrected chi connectivity index (χ2v) is 3.24. The van der Waals surface area contributed by atoms with Crippen molar-refractivity contribution in [2.75, 3.05) is 24.5 Å². The monoisotopic (exact) mass is 224 g/mol. The molecule has 0 unspecified atom stereocenters. The molecular formula is C10H16N4O2. The fraction of sp³-hybridized carbons (Fsp3) is 0.500. The summed E-state index contributed by atoms with van der Waals surface area (Å²) < 4.78 is 0. The number of hydrogen-bond donors (Lipinski definition) is 2. The predicted molar refractivity (Wildman–Crippen MR) is 61.4 cm³/mol. The molecule has 0 radical (unpaired) electrons. The van der Waals surface area contributed by atoms with Crippen molar-refractivity contribution >= 4 is 11.7 Å².